The zero-order valence-corrected chi connectivity index (χ0v) is 8.52. The Morgan fingerprint density at radius 2 is 2.27 bits per heavy atom. The lowest BCUT2D eigenvalue weighted by molar-refractivity contribution is 0.0602. The molecule has 15 heavy (non-hydrogen) atoms. The summed E-state index contributed by atoms with van der Waals surface area (Å²) in [5.41, 5.74) is 8.03. The molecule has 1 aromatic carbocycles. The number of fused-ring (bicyclic) bond motifs is 1. The van der Waals surface area contributed by atoms with Crippen LogP contribution in [-0.4, -0.2) is 22.6 Å². The van der Waals surface area contributed by atoms with E-state index >= 15 is 0 Å². The van der Waals surface area contributed by atoms with E-state index in [0.29, 0.717) is 16.8 Å². The second-order valence-corrected chi connectivity index (χ2v) is 3.28. The zero-order valence-electron chi connectivity index (χ0n) is 8.52. The summed E-state index contributed by atoms with van der Waals surface area (Å²) >= 11 is 0. The first-order valence-corrected chi connectivity index (χ1v) is 4.42. The van der Waals surface area contributed by atoms with Gasteiger partial charge in [-0.15, -0.1) is 0 Å². The van der Waals surface area contributed by atoms with Crippen molar-refractivity contribution in [1.29, 1.82) is 0 Å². The third-order valence-electron chi connectivity index (χ3n) is 2.24. The van der Waals surface area contributed by atoms with Gasteiger partial charge in [-0.25, -0.2) is 9.78 Å². The van der Waals surface area contributed by atoms with Gasteiger partial charge in [0.15, 0.2) is 0 Å². The maximum atomic E-state index is 11.5. The predicted octanol–water partition coefficient (Wildman–Crippen LogP) is 0.942. The Kier molecular flexibility index (Phi) is 2.07. The molecule has 0 spiro atoms. The predicted molar refractivity (Wildman–Crippen MR) is 56.5 cm³/mol. The largest absolute Gasteiger partial charge is 0.465 e. The molecule has 78 valence electrons. The Hall–Kier alpha value is -2.04. The fourth-order valence-electron chi connectivity index (χ4n) is 1.58. The molecule has 0 aliphatic rings. The van der Waals surface area contributed by atoms with E-state index in [-0.39, 0.29) is 0 Å². The van der Waals surface area contributed by atoms with Crippen LogP contribution in [0.15, 0.2) is 18.5 Å². The van der Waals surface area contributed by atoms with Gasteiger partial charge in [0.25, 0.3) is 0 Å². The molecule has 0 saturated carbocycles. The maximum Gasteiger partial charge on any atom is 0.340 e. The first-order chi connectivity index (χ1) is 7.13. The number of imidazole rings is 1. The molecule has 5 heteroatoms. The van der Waals surface area contributed by atoms with Crippen LogP contribution in [0.25, 0.3) is 11.0 Å². The highest BCUT2D eigenvalue weighted by molar-refractivity contribution is 6.03. The highest BCUT2D eigenvalue weighted by atomic mass is 16.5. The van der Waals surface area contributed by atoms with Gasteiger partial charge >= 0.3 is 5.97 Å². The number of aromatic nitrogens is 2. The molecular weight excluding hydrogens is 194 g/mol. The lowest BCUT2D eigenvalue weighted by Gasteiger charge is -2.04. The molecule has 1 heterocycles. The SMILES string of the molecule is COC(=O)c1cc(N)cc2ncn(C)c12. The van der Waals surface area contributed by atoms with Gasteiger partial charge < -0.3 is 15.0 Å². The summed E-state index contributed by atoms with van der Waals surface area (Å²) < 4.78 is 6.45. The van der Waals surface area contributed by atoms with Crippen LogP contribution in [0.3, 0.4) is 0 Å². The minimum absolute atomic E-state index is 0.407. The van der Waals surface area contributed by atoms with Crippen molar-refractivity contribution >= 4 is 22.7 Å². The van der Waals surface area contributed by atoms with Gasteiger partial charge in [-0.05, 0) is 12.1 Å². The van der Waals surface area contributed by atoms with E-state index in [4.69, 9.17) is 5.73 Å². The first kappa shape index (κ1) is 9.51. The fourth-order valence-corrected chi connectivity index (χ4v) is 1.58. The lowest BCUT2D eigenvalue weighted by atomic mass is 10.1. The van der Waals surface area contributed by atoms with Crippen LogP contribution in [0.2, 0.25) is 0 Å². The molecule has 5 nitrogen and oxygen atoms in total. The summed E-state index contributed by atoms with van der Waals surface area (Å²) in [6.45, 7) is 0. The Balaban J connectivity index is 2.80. The number of carbonyl (C=O) groups is 1. The molecule has 0 radical (unpaired) electrons. The summed E-state index contributed by atoms with van der Waals surface area (Å²) in [5.74, 6) is -0.407. The number of nitrogen functional groups attached to an aromatic ring is 1. The monoisotopic (exact) mass is 205 g/mol. The highest BCUT2D eigenvalue weighted by Crippen LogP contribution is 2.21. The maximum absolute atomic E-state index is 11.5. The number of nitrogens with zero attached hydrogens (tertiary/aromatic N) is 2. The highest BCUT2D eigenvalue weighted by Gasteiger charge is 2.14. The average molecular weight is 205 g/mol. The molecule has 2 aromatic rings. The number of esters is 1. The summed E-state index contributed by atoms with van der Waals surface area (Å²) in [7, 11) is 3.16. The van der Waals surface area contributed by atoms with Crippen molar-refractivity contribution in [2.24, 2.45) is 7.05 Å². The van der Waals surface area contributed by atoms with Crippen molar-refractivity contribution in [2.45, 2.75) is 0 Å². The number of methoxy groups -OCH3 is 1. The number of hydrogen-bond acceptors (Lipinski definition) is 4. The third kappa shape index (κ3) is 1.41. The smallest absolute Gasteiger partial charge is 0.340 e. The molecular formula is C10H11N3O2. The van der Waals surface area contributed by atoms with Crippen molar-refractivity contribution in [3.05, 3.63) is 24.0 Å². The normalized spacial score (nSPS) is 10.5. The van der Waals surface area contributed by atoms with Gasteiger partial charge in [-0.3, -0.25) is 0 Å². The van der Waals surface area contributed by atoms with Gasteiger partial charge in [-0.1, -0.05) is 0 Å². The lowest BCUT2D eigenvalue weighted by Crippen LogP contribution is -2.05. The minimum atomic E-state index is -0.407. The molecule has 1 aromatic heterocycles. The second-order valence-electron chi connectivity index (χ2n) is 3.28. The Morgan fingerprint density at radius 3 is 2.93 bits per heavy atom. The van der Waals surface area contributed by atoms with Crippen LogP contribution in [0.4, 0.5) is 5.69 Å². The molecule has 0 unspecified atom stereocenters. The van der Waals surface area contributed by atoms with Crippen molar-refractivity contribution < 1.29 is 9.53 Å². The number of benzene rings is 1. The van der Waals surface area contributed by atoms with E-state index in [1.54, 1.807) is 23.0 Å². The van der Waals surface area contributed by atoms with E-state index in [1.165, 1.54) is 7.11 Å². The number of hydrogen-bond donors (Lipinski definition) is 1. The average Bonchev–Trinajstić information content (AvgIpc) is 2.58. The summed E-state index contributed by atoms with van der Waals surface area (Å²) in [6, 6.07) is 3.32. The first-order valence-electron chi connectivity index (χ1n) is 4.42. The van der Waals surface area contributed by atoms with Crippen LogP contribution >= 0.6 is 0 Å². The molecule has 0 atom stereocenters. The Labute approximate surface area is 86.5 Å². The number of nitrogens with two attached hydrogens (primary N) is 1. The molecule has 0 saturated heterocycles. The van der Waals surface area contributed by atoms with Crippen LogP contribution < -0.4 is 5.73 Å². The van der Waals surface area contributed by atoms with Crippen molar-refractivity contribution in [3.63, 3.8) is 0 Å². The van der Waals surface area contributed by atoms with Crippen LogP contribution in [0, 0.1) is 0 Å². The number of ether oxygens (including phenoxy) is 1. The van der Waals surface area contributed by atoms with Crippen LogP contribution in [-0.2, 0) is 11.8 Å². The number of aryl methyl sites for hydroxylation is 1. The standard InChI is InChI=1S/C10H11N3O2/c1-13-5-12-8-4-6(11)3-7(9(8)13)10(14)15-2/h3-5H,11H2,1-2H3. The molecule has 0 fully saturated rings. The van der Waals surface area contributed by atoms with Gasteiger partial charge in [0, 0.05) is 12.7 Å². The van der Waals surface area contributed by atoms with Gasteiger partial charge in [0.05, 0.1) is 30.0 Å². The summed E-state index contributed by atoms with van der Waals surface area (Å²) in [4.78, 5) is 15.6. The van der Waals surface area contributed by atoms with Crippen molar-refractivity contribution in [3.8, 4) is 0 Å². The molecule has 2 N–H and O–H groups in total. The summed E-state index contributed by atoms with van der Waals surface area (Å²) in [5, 5.41) is 0. The van der Waals surface area contributed by atoms with Gasteiger partial charge in [-0.2, -0.15) is 0 Å². The van der Waals surface area contributed by atoms with Crippen molar-refractivity contribution in [1.82, 2.24) is 9.55 Å². The van der Waals surface area contributed by atoms with Crippen LogP contribution in [0.5, 0.6) is 0 Å². The van der Waals surface area contributed by atoms with Gasteiger partial charge in [0.1, 0.15) is 0 Å². The molecule has 0 bridgehead atoms. The van der Waals surface area contributed by atoms with Crippen LogP contribution in [0.1, 0.15) is 10.4 Å². The molecule has 0 aliphatic heterocycles. The Bertz CT molecular complexity index is 531. The van der Waals surface area contributed by atoms with Crippen molar-refractivity contribution in [2.75, 3.05) is 12.8 Å². The fraction of sp³-hybridized carbons (Fsp3) is 0.200. The Morgan fingerprint density at radius 1 is 1.53 bits per heavy atom. The number of rotatable bonds is 1. The van der Waals surface area contributed by atoms with E-state index in [2.05, 4.69) is 9.72 Å². The van der Waals surface area contributed by atoms with E-state index in [9.17, 15) is 4.79 Å². The number of anilines is 1. The van der Waals surface area contributed by atoms with E-state index in [0.717, 1.165) is 5.52 Å². The molecule has 0 aliphatic carbocycles. The molecule has 2 rings (SSSR count). The quantitative estimate of drug-likeness (QED) is 0.555. The number of carbonyl (C=O) groups excluding carboxylic acids is 1. The summed E-state index contributed by atoms with van der Waals surface area (Å²) in [6.07, 6.45) is 1.64. The minimum Gasteiger partial charge on any atom is -0.465 e. The van der Waals surface area contributed by atoms with E-state index in [1.807, 2.05) is 7.05 Å². The zero-order chi connectivity index (χ0) is 11.0. The van der Waals surface area contributed by atoms with Gasteiger partial charge in [0.2, 0.25) is 0 Å². The third-order valence-corrected chi connectivity index (χ3v) is 2.24. The topological polar surface area (TPSA) is 70.1 Å². The molecule has 0 amide bonds. The van der Waals surface area contributed by atoms with E-state index < -0.39 is 5.97 Å². The second kappa shape index (κ2) is 3.27.